The van der Waals surface area contributed by atoms with Gasteiger partial charge in [0.05, 0.1) is 25.4 Å². The molecule has 3 saturated heterocycles. The molecular formula is C39H55N3O11Si. The van der Waals surface area contributed by atoms with Gasteiger partial charge in [-0.25, -0.2) is 0 Å². The number of hydrogen-bond donors (Lipinski definition) is 0. The molecule has 0 spiro atoms. The van der Waals surface area contributed by atoms with E-state index in [0.717, 1.165) is 11.1 Å². The summed E-state index contributed by atoms with van der Waals surface area (Å²) in [5, 5.41) is 3.97. The summed E-state index contributed by atoms with van der Waals surface area (Å²) in [7, 11) is -2.53. The van der Waals surface area contributed by atoms with Gasteiger partial charge in [-0.2, -0.15) is 0 Å². The quantitative estimate of drug-likeness (QED) is 0.0639. The van der Waals surface area contributed by atoms with Crippen LogP contribution in [0.5, 0.6) is 0 Å². The van der Waals surface area contributed by atoms with E-state index in [1.807, 2.05) is 67.6 Å². The highest BCUT2D eigenvalue weighted by molar-refractivity contribution is 6.74. The molecule has 15 heteroatoms. The van der Waals surface area contributed by atoms with Crippen molar-refractivity contribution < 1.29 is 51.9 Å². The van der Waals surface area contributed by atoms with Crippen molar-refractivity contribution in [3.63, 3.8) is 0 Å². The Morgan fingerprint density at radius 1 is 0.944 bits per heavy atom. The molecule has 14 nitrogen and oxygen atoms in total. The molecule has 0 aromatic heterocycles. The van der Waals surface area contributed by atoms with Gasteiger partial charge in [0, 0.05) is 24.3 Å². The Labute approximate surface area is 318 Å². The largest absolute Gasteiger partial charge is 0.463 e. The summed E-state index contributed by atoms with van der Waals surface area (Å²) in [5.41, 5.74) is 11.4. The Kier molecular flexibility index (Phi) is 14.0. The van der Waals surface area contributed by atoms with Gasteiger partial charge >= 0.3 is 11.9 Å². The van der Waals surface area contributed by atoms with Crippen LogP contribution < -0.4 is 0 Å². The molecule has 0 radical (unpaired) electrons. The third-order valence-corrected chi connectivity index (χ3v) is 15.8. The van der Waals surface area contributed by atoms with Gasteiger partial charge in [-0.15, -0.1) is 0 Å². The van der Waals surface area contributed by atoms with Crippen molar-refractivity contribution in [3.05, 3.63) is 82.2 Å². The van der Waals surface area contributed by atoms with Crippen molar-refractivity contribution in [2.75, 3.05) is 13.2 Å². The SMILES string of the molecule is CC(=O)OCC1O[C@@H](O[Si](C)(C)C(C)(C)C(C)C)C(N=[N+]=[N-])[C@@H](C)[C@@H]1O[C@@H]1OC2COC(c3ccccc3)O[C@H]2C(OCc2ccccc2)[C@@H]1OC(C)=O. The van der Waals surface area contributed by atoms with Gasteiger partial charge in [0.1, 0.15) is 31.0 Å². The average Bonchev–Trinajstić information content (AvgIpc) is 3.13. The summed E-state index contributed by atoms with van der Waals surface area (Å²) in [4.78, 5) is 28.0. The van der Waals surface area contributed by atoms with Crippen LogP contribution in [0, 0.1) is 11.8 Å². The molecule has 3 heterocycles. The second-order valence-corrected chi connectivity index (χ2v) is 20.1. The van der Waals surface area contributed by atoms with E-state index in [9.17, 15) is 15.1 Å². The second-order valence-electron chi connectivity index (χ2n) is 15.6. The molecule has 296 valence electrons. The number of azide groups is 1. The minimum Gasteiger partial charge on any atom is -0.463 e. The Morgan fingerprint density at radius 2 is 1.61 bits per heavy atom. The van der Waals surface area contributed by atoms with Crippen LogP contribution >= 0.6 is 0 Å². The van der Waals surface area contributed by atoms with Crippen molar-refractivity contribution in [1.29, 1.82) is 0 Å². The van der Waals surface area contributed by atoms with E-state index >= 15 is 0 Å². The van der Waals surface area contributed by atoms with Crippen LogP contribution in [0.15, 0.2) is 65.8 Å². The highest BCUT2D eigenvalue weighted by atomic mass is 28.4. The van der Waals surface area contributed by atoms with Gasteiger partial charge in [-0.3, -0.25) is 9.59 Å². The highest BCUT2D eigenvalue weighted by Gasteiger charge is 2.56. The van der Waals surface area contributed by atoms with E-state index < -0.39 is 87.7 Å². The highest BCUT2D eigenvalue weighted by Crippen LogP contribution is 2.47. The second kappa shape index (κ2) is 18.1. The van der Waals surface area contributed by atoms with E-state index in [1.54, 1.807) is 0 Å². The van der Waals surface area contributed by atoms with Gasteiger partial charge in [-0.05, 0) is 41.1 Å². The fraction of sp³-hybridized carbons (Fsp3) is 0.641. The number of benzene rings is 2. The molecule has 2 aromatic carbocycles. The molecule has 0 saturated carbocycles. The van der Waals surface area contributed by atoms with Crippen molar-refractivity contribution >= 4 is 20.3 Å². The normalized spacial score (nSPS) is 31.6. The van der Waals surface area contributed by atoms with Crippen molar-refractivity contribution in [2.45, 2.75) is 135 Å². The first-order valence-electron chi connectivity index (χ1n) is 18.6. The predicted molar refractivity (Wildman–Crippen MR) is 199 cm³/mol. The Bertz CT molecular complexity index is 1590. The first-order chi connectivity index (χ1) is 25.6. The number of carbonyl (C=O) groups excluding carboxylic acids is 2. The topological polar surface area (TPSA) is 166 Å². The van der Waals surface area contributed by atoms with Gasteiger partial charge in [-0.1, -0.05) is 100 Å². The fourth-order valence-electron chi connectivity index (χ4n) is 6.97. The summed E-state index contributed by atoms with van der Waals surface area (Å²) < 4.78 is 57.4. The van der Waals surface area contributed by atoms with E-state index in [4.69, 9.17) is 42.3 Å². The Balaban J connectivity index is 1.48. The third-order valence-electron chi connectivity index (χ3n) is 11.3. The van der Waals surface area contributed by atoms with Crippen LogP contribution in [0.2, 0.25) is 18.1 Å². The molecule has 0 bridgehead atoms. The summed E-state index contributed by atoms with van der Waals surface area (Å²) in [6.45, 7) is 17.4. The summed E-state index contributed by atoms with van der Waals surface area (Å²) >= 11 is 0. The number of ether oxygens (including phenoxy) is 8. The lowest BCUT2D eigenvalue weighted by molar-refractivity contribution is -0.381. The van der Waals surface area contributed by atoms with Crippen LogP contribution in [0.4, 0.5) is 0 Å². The number of hydrogen-bond acceptors (Lipinski definition) is 12. The molecule has 3 aliphatic heterocycles. The maximum Gasteiger partial charge on any atom is 0.303 e. The number of carbonyl (C=O) groups is 2. The monoisotopic (exact) mass is 769 g/mol. The molecular weight excluding hydrogens is 715 g/mol. The van der Waals surface area contributed by atoms with Crippen molar-refractivity contribution in [3.8, 4) is 0 Å². The fourth-order valence-corrected chi connectivity index (χ4v) is 9.44. The average molecular weight is 770 g/mol. The number of esters is 2. The number of nitrogens with zero attached hydrogens (tertiary/aromatic N) is 3. The molecule has 0 N–H and O–H groups in total. The predicted octanol–water partition coefficient (Wildman–Crippen LogP) is 6.99. The Hall–Kier alpha value is -3.37. The molecule has 5 rings (SSSR count). The maximum absolute atomic E-state index is 12.8. The van der Waals surface area contributed by atoms with E-state index in [0.29, 0.717) is 5.92 Å². The van der Waals surface area contributed by atoms with Crippen molar-refractivity contribution in [2.24, 2.45) is 17.0 Å². The minimum absolute atomic E-state index is 0.123. The lowest BCUT2D eigenvalue weighted by Crippen LogP contribution is -2.66. The standard InChI is InChI=1S/C39H55N3O11Si/c1-23(2)39(6,7)54(8,9)53-37-31(41-42-40)24(3)32(29(49-37)21-45-25(4)43)51-38-35(48-26(5)44)34(46-20-27-16-12-10-13-17-27)33-30(50-38)22-47-36(52-33)28-18-14-11-15-19-28/h10-19,23-24,29-38H,20-22H2,1-9H3/t24-,29?,30?,31?,32+,33-,34?,35+,36?,37+,38+/m1/s1. The zero-order valence-electron chi connectivity index (χ0n) is 32.7. The molecule has 3 aliphatic rings. The lowest BCUT2D eigenvalue weighted by atomic mass is 9.88. The first kappa shape index (κ1) is 41.8. The van der Waals surface area contributed by atoms with E-state index in [1.165, 1.54) is 13.8 Å². The Morgan fingerprint density at radius 3 is 2.22 bits per heavy atom. The lowest BCUT2D eigenvalue weighted by Gasteiger charge is -2.52. The van der Waals surface area contributed by atoms with Crippen LogP contribution in [0.3, 0.4) is 0 Å². The number of fused-ring (bicyclic) bond motifs is 1. The van der Waals surface area contributed by atoms with Crippen molar-refractivity contribution in [1.82, 2.24) is 0 Å². The van der Waals surface area contributed by atoms with E-state index in [2.05, 4.69) is 50.8 Å². The molecule has 3 fully saturated rings. The number of rotatable bonds is 14. The summed E-state index contributed by atoms with van der Waals surface area (Å²) in [6.07, 6.45) is -8.06. The zero-order valence-corrected chi connectivity index (χ0v) is 33.7. The zero-order chi connectivity index (χ0) is 39.2. The summed E-state index contributed by atoms with van der Waals surface area (Å²) in [5.74, 6) is -1.34. The smallest absolute Gasteiger partial charge is 0.303 e. The maximum atomic E-state index is 12.8. The minimum atomic E-state index is -2.53. The molecule has 2 aromatic rings. The molecule has 54 heavy (non-hydrogen) atoms. The molecule has 0 aliphatic carbocycles. The molecule has 11 atom stereocenters. The van der Waals surface area contributed by atoms with Crippen LogP contribution in [-0.2, 0) is 58.5 Å². The van der Waals surface area contributed by atoms with Gasteiger partial charge in [0.2, 0.25) is 0 Å². The molecule has 5 unspecified atom stereocenters. The van der Waals surface area contributed by atoms with E-state index in [-0.39, 0.29) is 24.9 Å². The van der Waals surface area contributed by atoms with Gasteiger partial charge < -0.3 is 42.3 Å². The molecule has 0 amide bonds. The van der Waals surface area contributed by atoms with Crippen LogP contribution in [-0.4, -0.2) is 88.7 Å². The van der Waals surface area contributed by atoms with Gasteiger partial charge in [0.25, 0.3) is 0 Å². The van der Waals surface area contributed by atoms with Crippen LogP contribution in [0.1, 0.15) is 65.9 Å². The summed E-state index contributed by atoms with van der Waals surface area (Å²) in [6, 6.07) is 18.3. The van der Waals surface area contributed by atoms with Gasteiger partial charge in [0.15, 0.2) is 33.3 Å². The third kappa shape index (κ3) is 9.70. The van der Waals surface area contributed by atoms with Crippen LogP contribution in [0.25, 0.3) is 10.4 Å². The first-order valence-corrected chi connectivity index (χ1v) is 21.5.